The summed E-state index contributed by atoms with van der Waals surface area (Å²) in [5.74, 6) is -4.83. The fraction of sp³-hybridized carbons (Fsp3) is 0.612. The number of alkyl halides is 3. The molecule has 21 nitrogen and oxygen atoms in total. The van der Waals surface area contributed by atoms with Crippen LogP contribution in [-0.2, 0) is 44.3 Å². The molecular formula is C49H69F3N11O10PS2. The van der Waals surface area contributed by atoms with Crippen LogP contribution in [0, 0.1) is 12.5 Å². The number of aromatic nitrogens is 4. The summed E-state index contributed by atoms with van der Waals surface area (Å²) >= 11 is 0. The van der Waals surface area contributed by atoms with Gasteiger partial charge in [0.25, 0.3) is 20.0 Å². The Morgan fingerprint density at radius 2 is 1.71 bits per heavy atom. The van der Waals surface area contributed by atoms with Crippen molar-refractivity contribution in [2.45, 2.75) is 149 Å². The first-order valence-electron chi connectivity index (χ1n) is 24.8. The lowest BCUT2D eigenvalue weighted by molar-refractivity contribution is -0.170. The van der Waals surface area contributed by atoms with Crippen molar-refractivity contribution in [2.24, 2.45) is 5.92 Å². The van der Waals surface area contributed by atoms with E-state index in [0.29, 0.717) is 43.0 Å². The number of likely N-dealkylation sites (tertiary alicyclic amines) is 1. The first-order chi connectivity index (χ1) is 35.8. The van der Waals surface area contributed by atoms with Gasteiger partial charge in [0.15, 0.2) is 11.2 Å². The van der Waals surface area contributed by atoms with Gasteiger partial charge < -0.3 is 34.2 Å². The number of ether oxygens (including phenoxy) is 1. The molecule has 0 radical (unpaired) electrons. The van der Waals surface area contributed by atoms with E-state index in [1.807, 2.05) is 4.90 Å². The van der Waals surface area contributed by atoms with Gasteiger partial charge in [-0.15, -0.1) is 0 Å². The van der Waals surface area contributed by atoms with E-state index in [9.17, 15) is 46.7 Å². The fourth-order valence-corrected chi connectivity index (χ4v) is 12.0. The Morgan fingerprint density at radius 1 is 1.03 bits per heavy atom. The number of fused-ring (bicyclic) bond motifs is 1. The molecule has 1 aliphatic rings. The second-order valence-electron chi connectivity index (χ2n) is 19.2. The number of nitrogens with one attached hydrogen (secondary N) is 4. The molecule has 4 N–H and O–H groups in total. The van der Waals surface area contributed by atoms with Crippen LogP contribution >= 0.6 is 30.1 Å². The Bertz CT molecular complexity index is 2580. The van der Waals surface area contributed by atoms with E-state index in [-0.39, 0.29) is 94.9 Å². The molecule has 1 aromatic carbocycles. The number of benzene rings is 1. The molecule has 5 amide bonds. The zero-order chi connectivity index (χ0) is 56.5. The summed E-state index contributed by atoms with van der Waals surface area (Å²) in [5, 5.41) is 7.71. The smallest absolute Gasteiger partial charge is 0.467 e. The minimum Gasteiger partial charge on any atom is -0.467 e. The molecular weight excluding hydrogens is 1050 g/mol. The number of amides is 5. The number of aromatic amines is 1. The lowest BCUT2D eigenvalue weighted by Gasteiger charge is -2.36. The highest BCUT2D eigenvalue weighted by Gasteiger charge is 2.44. The van der Waals surface area contributed by atoms with Crippen LogP contribution in [0.3, 0.4) is 0 Å². The normalized spacial score (nSPS) is 15.7. The molecule has 1 aliphatic heterocycles. The van der Waals surface area contributed by atoms with Crippen molar-refractivity contribution in [3.63, 3.8) is 0 Å². The van der Waals surface area contributed by atoms with E-state index in [1.165, 1.54) is 0 Å². The van der Waals surface area contributed by atoms with Crippen molar-refractivity contribution in [1.82, 2.24) is 40.1 Å². The van der Waals surface area contributed by atoms with Crippen LogP contribution in [0.4, 0.5) is 24.8 Å². The number of methoxy groups -OCH3 is 1. The summed E-state index contributed by atoms with van der Waals surface area (Å²) in [7, 11) is 2.83. The summed E-state index contributed by atoms with van der Waals surface area (Å²) in [6.07, 6.45) is -2.35. The average molecular weight is 1120 g/mol. The number of anilines is 2. The third-order valence-corrected chi connectivity index (χ3v) is 17.3. The van der Waals surface area contributed by atoms with Gasteiger partial charge in [0, 0.05) is 71.7 Å². The number of hydrogen-bond donors (Lipinski definition) is 4. The predicted molar refractivity (Wildman–Crippen MR) is 286 cm³/mol. The van der Waals surface area contributed by atoms with Crippen molar-refractivity contribution in [3.8, 4) is 0 Å². The zero-order valence-corrected chi connectivity index (χ0v) is 47.0. The molecule has 27 heteroatoms. The molecule has 1 fully saturated rings. The van der Waals surface area contributed by atoms with Crippen molar-refractivity contribution >= 4 is 88.4 Å². The van der Waals surface area contributed by atoms with Gasteiger partial charge in [-0.05, 0) is 91.5 Å². The van der Waals surface area contributed by atoms with Gasteiger partial charge in [0.2, 0.25) is 30.2 Å². The molecule has 76 heavy (non-hydrogen) atoms. The highest BCUT2D eigenvalue weighted by Crippen LogP contribution is 2.48. The number of hydrogen-bond acceptors (Lipinski definition) is 16. The second kappa shape index (κ2) is 29.3. The molecule has 1 unspecified atom stereocenters. The number of halogens is 3. The molecule has 0 spiro atoms. The van der Waals surface area contributed by atoms with Crippen LogP contribution in [0.1, 0.15) is 117 Å². The number of carbonyl (C=O) groups excluding carboxylic acids is 6. The minimum absolute atomic E-state index is 0.0455. The Kier molecular flexibility index (Phi) is 24.4. The number of H-pyrrole nitrogens is 1. The number of rotatable bonds is 28. The van der Waals surface area contributed by atoms with Gasteiger partial charge in [-0.2, -0.15) is 18.2 Å². The van der Waals surface area contributed by atoms with E-state index in [1.54, 1.807) is 35.4 Å². The molecule has 2 aromatic heterocycles. The van der Waals surface area contributed by atoms with E-state index in [2.05, 4.69) is 93.9 Å². The summed E-state index contributed by atoms with van der Waals surface area (Å²) < 4.78 is 61.0. The third-order valence-electron chi connectivity index (χ3n) is 11.7. The predicted octanol–water partition coefficient (Wildman–Crippen LogP) is 7.19. The second-order valence-corrected chi connectivity index (χ2v) is 23.8. The molecule has 418 valence electrons. The van der Waals surface area contributed by atoms with Crippen molar-refractivity contribution < 1.29 is 55.7 Å². The lowest BCUT2D eigenvalue weighted by Crippen LogP contribution is -2.42. The topological polar surface area (TPSA) is 252 Å². The van der Waals surface area contributed by atoms with Gasteiger partial charge in [-0.1, -0.05) is 42.4 Å². The molecule has 0 saturated carbocycles. The van der Waals surface area contributed by atoms with Gasteiger partial charge in [0.1, 0.15) is 12.6 Å². The molecule has 4 rings (SSSR count). The Morgan fingerprint density at radius 3 is 2.32 bits per heavy atom. The summed E-state index contributed by atoms with van der Waals surface area (Å²) in [6.45, 7) is 25.4. The minimum atomic E-state index is -5.34. The average Bonchev–Trinajstić information content (AvgIpc) is 3.78. The van der Waals surface area contributed by atoms with Gasteiger partial charge in [-0.3, -0.25) is 44.0 Å². The quantitative estimate of drug-likeness (QED) is 0.0185. The van der Waals surface area contributed by atoms with Crippen LogP contribution in [0.2, 0.25) is 0 Å². The molecule has 1 saturated heterocycles. The van der Waals surface area contributed by atoms with Crippen molar-refractivity contribution in [1.29, 1.82) is 0 Å². The highest BCUT2D eigenvalue weighted by molar-refractivity contribution is 8.77. The first-order valence-corrected chi connectivity index (χ1v) is 28.3. The molecule has 3 aromatic rings. The molecule has 3 heterocycles. The molecule has 4 atom stereocenters. The largest absolute Gasteiger partial charge is 0.471 e. The monoisotopic (exact) mass is 1120 g/mol. The first kappa shape index (κ1) is 63.1. The van der Waals surface area contributed by atoms with Crippen LogP contribution < -0.4 is 26.4 Å². The maximum Gasteiger partial charge on any atom is 0.471 e. The van der Waals surface area contributed by atoms with Crippen LogP contribution in [0.15, 0.2) is 35.3 Å². The maximum absolute atomic E-state index is 13.9. The van der Waals surface area contributed by atoms with Crippen LogP contribution in [0.25, 0.3) is 16.0 Å². The fourth-order valence-electron chi connectivity index (χ4n) is 7.82. The molecule has 0 aliphatic carbocycles. The Labute approximate surface area is 449 Å². The van der Waals surface area contributed by atoms with Crippen molar-refractivity contribution in [2.75, 3.05) is 49.3 Å². The van der Waals surface area contributed by atoms with Gasteiger partial charge in [0.05, 0.1) is 31.6 Å². The highest BCUT2D eigenvalue weighted by atomic mass is 33.1. The van der Waals surface area contributed by atoms with E-state index < -0.39 is 68.4 Å². The van der Waals surface area contributed by atoms with Gasteiger partial charge >= 0.3 is 18.1 Å². The number of nitrogens with zero attached hydrogens (tertiary/aromatic N) is 7. The summed E-state index contributed by atoms with van der Waals surface area (Å²) in [6, 6.07) is 3.52. The van der Waals surface area contributed by atoms with Crippen LogP contribution in [0.5, 0.6) is 0 Å². The number of esters is 1. The lowest BCUT2D eigenvalue weighted by atomic mass is 10.1. The van der Waals surface area contributed by atoms with Gasteiger partial charge in [-0.25, -0.2) is 26.0 Å². The summed E-state index contributed by atoms with van der Waals surface area (Å²) in [5.41, 5.74) is -2.05. The van der Waals surface area contributed by atoms with E-state index in [0.717, 1.165) is 44.0 Å². The van der Waals surface area contributed by atoms with E-state index in [4.69, 9.17) is 20.4 Å². The Hall–Kier alpha value is -5.45. The Balaban J connectivity index is 1.26. The van der Waals surface area contributed by atoms with Crippen molar-refractivity contribution in [3.05, 3.63) is 63.5 Å². The zero-order valence-electron chi connectivity index (χ0n) is 44.4. The van der Waals surface area contributed by atoms with E-state index >= 15 is 0 Å². The molecule has 0 bridgehead atoms. The number of carbonyl (C=O) groups is 6. The third kappa shape index (κ3) is 18.9. The SMILES string of the molecule is [C-]#[N+]CCOP(O[C@@H]1C[C@@H](CC)N(C(=O)CCC(C)(C)SSCCNC(=O)CC[C@@H](NC(=O)c2ccc(N(Cc3cnc4nc(NC(=O)C(C)C)[nH]c(=O)c4n3)C(=O)C(F)(F)F)cc2)C(=O)OC)C1)N(C(C)C)C(C)C. The van der Waals surface area contributed by atoms with Crippen LogP contribution in [-0.4, -0.2) is 145 Å². The maximum atomic E-state index is 13.9. The summed E-state index contributed by atoms with van der Waals surface area (Å²) in [4.78, 5) is 110. The standard InChI is InChI=1S/C49H69F3N11O10PS2/c1-12-34-25-36(73-74(72-23-21-53-10)63(30(4)5)31(6)7)28-61(34)39(65)19-20-48(8,9)76-75-24-22-54-38(64)18-17-37(45(69)71-11)57-43(67)32-13-15-35(16-14-32)62(46(70)49(50,51)52)27-33-26-55-41-40(56-33)44(68)60-47(58-41)59-42(66)29(2)3/h13-16,26,29-31,34,36-37H,12,17-25,27-28H2,1-9,11H3,(H,54,64)(H,57,67)(H2,55,58,59,60,66,68)/t34-,36-,37-,74?/m1/s1.